The van der Waals surface area contributed by atoms with Crippen LogP contribution in [0.4, 0.5) is 0 Å². The van der Waals surface area contributed by atoms with Gasteiger partial charge >= 0.3 is 0 Å². The van der Waals surface area contributed by atoms with Crippen LogP contribution in [0.1, 0.15) is 6.42 Å². The summed E-state index contributed by atoms with van der Waals surface area (Å²) < 4.78 is 4.93. The monoisotopic (exact) mass is 124 g/mol. The molecule has 0 fully saturated rings. The molecule has 1 aliphatic rings. The number of aldehydes is 1. The summed E-state index contributed by atoms with van der Waals surface area (Å²) in [6.45, 7) is 0.565. The normalized spacial score (nSPS) is 16.2. The minimum absolute atomic E-state index is 0.490. The molecule has 1 rings (SSSR count). The first kappa shape index (κ1) is 6.08. The molecular weight excluding hydrogens is 116 g/mol. The van der Waals surface area contributed by atoms with Gasteiger partial charge < -0.3 is 9.53 Å². The molecule has 2 heteroatoms. The van der Waals surface area contributed by atoms with Crippen molar-refractivity contribution in [3.05, 3.63) is 24.0 Å². The van der Waals surface area contributed by atoms with Gasteiger partial charge in [0.2, 0.25) is 0 Å². The summed E-state index contributed by atoms with van der Waals surface area (Å²) in [6.07, 6.45) is 6.69. The lowest BCUT2D eigenvalue weighted by Crippen LogP contribution is -1.97. The van der Waals surface area contributed by atoms with Gasteiger partial charge in [0.25, 0.3) is 0 Å². The van der Waals surface area contributed by atoms with E-state index in [0.717, 1.165) is 11.9 Å². The van der Waals surface area contributed by atoms with Crippen molar-refractivity contribution >= 4 is 6.29 Å². The van der Waals surface area contributed by atoms with Crippen molar-refractivity contribution < 1.29 is 9.53 Å². The zero-order valence-corrected chi connectivity index (χ0v) is 5.04. The van der Waals surface area contributed by atoms with Crippen LogP contribution in [0, 0.1) is 0 Å². The van der Waals surface area contributed by atoms with E-state index in [1.54, 1.807) is 12.3 Å². The van der Waals surface area contributed by atoms with E-state index in [1.807, 2.05) is 6.08 Å². The minimum atomic E-state index is 0.490. The quantitative estimate of drug-likeness (QED) is 0.514. The molecule has 1 aliphatic heterocycles. The van der Waals surface area contributed by atoms with Crippen molar-refractivity contribution in [1.29, 1.82) is 0 Å². The van der Waals surface area contributed by atoms with Gasteiger partial charge in [-0.25, -0.2) is 0 Å². The number of ether oxygens (including phenoxy) is 1. The van der Waals surface area contributed by atoms with E-state index in [9.17, 15) is 4.79 Å². The van der Waals surface area contributed by atoms with Crippen molar-refractivity contribution in [3.8, 4) is 0 Å². The highest BCUT2D eigenvalue weighted by Crippen LogP contribution is 2.04. The number of carbonyl (C=O) groups excluding carboxylic acids is 1. The first-order valence-corrected chi connectivity index (χ1v) is 2.83. The molecule has 0 saturated carbocycles. The van der Waals surface area contributed by atoms with E-state index in [0.29, 0.717) is 13.0 Å². The van der Waals surface area contributed by atoms with Gasteiger partial charge in [-0.1, -0.05) is 6.08 Å². The van der Waals surface area contributed by atoms with Gasteiger partial charge in [0.15, 0.2) is 0 Å². The second-order valence-corrected chi connectivity index (χ2v) is 1.84. The molecule has 0 amide bonds. The van der Waals surface area contributed by atoms with Gasteiger partial charge in [-0.15, -0.1) is 0 Å². The maximum atomic E-state index is 9.95. The average molecular weight is 124 g/mol. The Morgan fingerprint density at radius 1 is 1.78 bits per heavy atom. The van der Waals surface area contributed by atoms with Crippen LogP contribution in [0.25, 0.3) is 0 Å². The molecule has 0 N–H and O–H groups in total. The molecule has 0 spiro atoms. The zero-order chi connectivity index (χ0) is 6.53. The maximum absolute atomic E-state index is 9.95. The molecule has 1 heterocycles. The van der Waals surface area contributed by atoms with Crippen LogP contribution in [0.5, 0.6) is 0 Å². The molecule has 2 nitrogen and oxygen atoms in total. The number of carbonyl (C=O) groups is 1. The molecule has 0 saturated heterocycles. The van der Waals surface area contributed by atoms with Crippen LogP contribution < -0.4 is 0 Å². The topological polar surface area (TPSA) is 26.3 Å². The molecule has 0 aromatic carbocycles. The Labute approximate surface area is 53.8 Å². The molecule has 0 unspecified atom stereocenters. The van der Waals surface area contributed by atoms with Crippen molar-refractivity contribution in [3.63, 3.8) is 0 Å². The lowest BCUT2D eigenvalue weighted by molar-refractivity contribution is -0.107. The highest BCUT2D eigenvalue weighted by Gasteiger charge is 1.96. The van der Waals surface area contributed by atoms with E-state index in [4.69, 9.17) is 4.74 Å². The standard InChI is InChI=1S/C7H8O2/c8-4-3-7-2-1-5-9-6-7/h1-2,4-5H,3,6H2. The number of hydrogen-bond acceptors (Lipinski definition) is 2. The molecule has 0 aliphatic carbocycles. The summed E-state index contributed by atoms with van der Waals surface area (Å²) in [4.78, 5) is 9.95. The van der Waals surface area contributed by atoms with Crippen molar-refractivity contribution in [2.24, 2.45) is 0 Å². The lowest BCUT2D eigenvalue weighted by Gasteiger charge is -2.05. The fourth-order valence-corrected chi connectivity index (χ4v) is 0.668. The average Bonchev–Trinajstić information content (AvgIpc) is 1.91. The number of hydrogen-bond donors (Lipinski definition) is 0. The van der Waals surface area contributed by atoms with E-state index in [2.05, 4.69) is 0 Å². The van der Waals surface area contributed by atoms with E-state index in [1.165, 1.54) is 0 Å². The van der Waals surface area contributed by atoms with Crippen LogP contribution in [-0.2, 0) is 9.53 Å². The van der Waals surface area contributed by atoms with Gasteiger partial charge in [-0.3, -0.25) is 0 Å². The molecule has 0 bridgehead atoms. The first-order valence-electron chi connectivity index (χ1n) is 2.83. The van der Waals surface area contributed by atoms with Crippen LogP contribution in [0.3, 0.4) is 0 Å². The summed E-state index contributed by atoms with van der Waals surface area (Å²) in [5, 5.41) is 0. The number of rotatable bonds is 2. The highest BCUT2D eigenvalue weighted by molar-refractivity contribution is 5.54. The molecule has 9 heavy (non-hydrogen) atoms. The van der Waals surface area contributed by atoms with Crippen molar-refractivity contribution in [2.75, 3.05) is 6.61 Å². The maximum Gasteiger partial charge on any atom is 0.124 e. The minimum Gasteiger partial charge on any atom is -0.497 e. The Morgan fingerprint density at radius 3 is 3.22 bits per heavy atom. The van der Waals surface area contributed by atoms with Crippen molar-refractivity contribution in [1.82, 2.24) is 0 Å². The summed E-state index contributed by atoms with van der Waals surface area (Å²) in [7, 11) is 0. The molecule has 0 aromatic heterocycles. The van der Waals surface area contributed by atoms with E-state index < -0.39 is 0 Å². The molecular formula is C7H8O2. The SMILES string of the molecule is O=CCC1=CC=COC1. The Bertz CT molecular complexity index is 156. The Balaban J connectivity index is 2.47. The third-order valence-corrected chi connectivity index (χ3v) is 1.12. The Morgan fingerprint density at radius 2 is 2.67 bits per heavy atom. The molecule has 48 valence electrons. The summed E-state index contributed by atoms with van der Waals surface area (Å²) >= 11 is 0. The molecule has 0 aromatic rings. The Kier molecular flexibility index (Phi) is 2.07. The van der Waals surface area contributed by atoms with Crippen LogP contribution >= 0.6 is 0 Å². The van der Waals surface area contributed by atoms with Crippen LogP contribution in [0.2, 0.25) is 0 Å². The predicted molar refractivity (Wildman–Crippen MR) is 33.9 cm³/mol. The fraction of sp³-hybridized carbons (Fsp3) is 0.286. The fourth-order valence-electron chi connectivity index (χ4n) is 0.668. The summed E-state index contributed by atoms with van der Waals surface area (Å²) in [5.41, 5.74) is 1.03. The lowest BCUT2D eigenvalue weighted by atomic mass is 10.2. The Hall–Kier alpha value is -1.05. The van der Waals surface area contributed by atoms with Crippen LogP contribution in [-0.4, -0.2) is 12.9 Å². The molecule has 0 atom stereocenters. The third-order valence-electron chi connectivity index (χ3n) is 1.12. The second-order valence-electron chi connectivity index (χ2n) is 1.84. The van der Waals surface area contributed by atoms with Gasteiger partial charge in [-0.2, -0.15) is 0 Å². The summed E-state index contributed by atoms with van der Waals surface area (Å²) in [6, 6.07) is 0. The van der Waals surface area contributed by atoms with Crippen molar-refractivity contribution in [2.45, 2.75) is 6.42 Å². The third kappa shape index (κ3) is 1.72. The predicted octanol–water partition coefficient (Wildman–Crippen LogP) is 1.05. The second kappa shape index (κ2) is 3.07. The van der Waals surface area contributed by atoms with Gasteiger partial charge in [0.1, 0.15) is 12.9 Å². The molecule has 0 radical (unpaired) electrons. The van der Waals surface area contributed by atoms with Gasteiger partial charge in [0.05, 0.1) is 6.26 Å². The first-order chi connectivity index (χ1) is 4.43. The highest BCUT2D eigenvalue weighted by atomic mass is 16.5. The van der Waals surface area contributed by atoms with E-state index in [-0.39, 0.29) is 0 Å². The van der Waals surface area contributed by atoms with Crippen LogP contribution in [0.15, 0.2) is 24.0 Å². The van der Waals surface area contributed by atoms with Gasteiger partial charge in [0, 0.05) is 6.42 Å². The zero-order valence-electron chi connectivity index (χ0n) is 5.04. The van der Waals surface area contributed by atoms with E-state index >= 15 is 0 Å². The smallest absolute Gasteiger partial charge is 0.124 e. The number of allylic oxidation sites excluding steroid dienone is 2. The van der Waals surface area contributed by atoms with Gasteiger partial charge in [-0.05, 0) is 11.6 Å². The summed E-state index contributed by atoms with van der Waals surface area (Å²) in [5.74, 6) is 0. The largest absolute Gasteiger partial charge is 0.497 e.